The fraction of sp³-hybridized carbons (Fsp3) is 0.263. The number of nitrogens with zero attached hydrogens (tertiary/aromatic N) is 2. The minimum absolute atomic E-state index is 0.0177. The number of carbonyl (C=O) groups excluding carboxylic acids is 1. The van der Waals surface area contributed by atoms with Gasteiger partial charge in [-0.25, -0.2) is 0 Å². The summed E-state index contributed by atoms with van der Waals surface area (Å²) in [6.45, 7) is 2.09. The molecule has 2 aromatic carbocycles. The number of nitriles is 1. The van der Waals surface area contributed by atoms with Crippen LogP contribution in [0.5, 0.6) is 0 Å². The van der Waals surface area contributed by atoms with Gasteiger partial charge in [-0.2, -0.15) is 5.26 Å². The number of amides is 1. The van der Waals surface area contributed by atoms with Crippen molar-refractivity contribution < 1.29 is 9.90 Å². The van der Waals surface area contributed by atoms with Crippen molar-refractivity contribution in [1.29, 1.82) is 5.26 Å². The van der Waals surface area contributed by atoms with E-state index in [2.05, 4.69) is 6.07 Å². The van der Waals surface area contributed by atoms with Gasteiger partial charge >= 0.3 is 0 Å². The number of aliphatic hydroxyl groups is 1. The van der Waals surface area contributed by atoms with Gasteiger partial charge in [0.25, 0.3) is 0 Å². The second-order valence-corrected chi connectivity index (χ2v) is 5.88. The summed E-state index contributed by atoms with van der Waals surface area (Å²) in [5.74, 6) is -0.136. The topological polar surface area (TPSA) is 64.3 Å². The lowest BCUT2D eigenvalue weighted by molar-refractivity contribution is -0.135. The van der Waals surface area contributed by atoms with Gasteiger partial charge in [0.2, 0.25) is 5.91 Å². The van der Waals surface area contributed by atoms with Crippen LogP contribution in [0.25, 0.3) is 0 Å². The second kappa shape index (κ2) is 7.08. The summed E-state index contributed by atoms with van der Waals surface area (Å²) in [4.78, 5) is 14.0. The third-order valence-electron chi connectivity index (χ3n) is 3.82. The van der Waals surface area contributed by atoms with Crippen LogP contribution in [0.1, 0.15) is 30.0 Å². The molecule has 2 aromatic rings. The average Bonchev–Trinajstić information content (AvgIpc) is 2.56. The largest absolute Gasteiger partial charge is 0.385 e. The summed E-state index contributed by atoms with van der Waals surface area (Å²) < 4.78 is 0. The van der Waals surface area contributed by atoms with Crippen molar-refractivity contribution in [3.63, 3.8) is 0 Å². The molecular weight excluding hydrogens is 288 g/mol. The zero-order chi connectivity index (χ0) is 16.9. The van der Waals surface area contributed by atoms with Gasteiger partial charge in [0.15, 0.2) is 0 Å². The van der Waals surface area contributed by atoms with Gasteiger partial charge in [0.1, 0.15) is 0 Å². The molecule has 0 spiro atoms. The molecule has 0 bridgehead atoms. The van der Waals surface area contributed by atoms with Crippen molar-refractivity contribution in [2.24, 2.45) is 0 Å². The number of hydrogen-bond acceptors (Lipinski definition) is 3. The van der Waals surface area contributed by atoms with Crippen LogP contribution in [0.15, 0.2) is 54.6 Å². The van der Waals surface area contributed by atoms with Crippen LogP contribution in [-0.4, -0.2) is 23.0 Å². The first-order valence-electron chi connectivity index (χ1n) is 7.43. The monoisotopic (exact) mass is 308 g/mol. The Hall–Kier alpha value is -2.64. The molecule has 1 N–H and O–H groups in total. The highest BCUT2D eigenvalue weighted by Gasteiger charge is 2.27. The van der Waals surface area contributed by atoms with E-state index in [9.17, 15) is 9.90 Å². The standard InChI is InChI=1S/C19H20N2O2/c1-19(23,17-6-4-3-5-7-17)12-18(22)21(2)14-16-10-8-15(13-20)9-11-16/h3-11,23H,12,14H2,1-2H3. The van der Waals surface area contributed by atoms with E-state index >= 15 is 0 Å². The summed E-state index contributed by atoms with van der Waals surface area (Å²) in [6.07, 6.45) is 0.0177. The molecule has 4 nitrogen and oxygen atoms in total. The molecule has 0 aromatic heterocycles. The molecule has 4 heteroatoms. The molecule has 118 valence electrons. The third-order valence-corrected chi connectivity index (χ3v) is 3.82. The molecule has 1 atom stereocenters. The Balaban J connectivity index is 2.00. The number of rotatable bonds is 5. The molecule has 0 saturated carbocycles. The van der Waals surface area contributed by atoms with Gasteiger partial charge in [-0.1, -0.05) is 42.5 Å². The van der Waals surface area contributed by atoms with E-state index in [1.54, 1.807) is 31.0 Å². The average molecular weight is 308 g/mol. The van der Waals surface area contributed by atoms with E-state index in [1.165, 1.54) is 0 Å². The van der Waals surface area contributed by atoms with Crippen LogP contribution in [0.3, 0.4) is 0 Å². The first-order chi connectivity index (χ1) is 10.9. The zero-order valence-corrected chi connectivity index (χ0v) is 13.4. The van der Waals surface area contributed by atoms with E-state index in [0.29, 0.717) is 12.1 Å². The maximum Gasteiger partial charge on any atom is 0.225 e. The summed E-state index contributed by atoms with van der Waals surface area (Å²) in [7, 11) is 1.71. The van der Waals surface area contributed by atoms with E-state index in [1.807, 2.05) is 42.5 Å². The van der Waals surface area contributed by atoms with Crippen molar-refractivity contribution >= 4 is 5.91 Å². The summed E-state index contributed by atoms with van der Waals surface area (Å²) >= 11 is 0. The normalized spacial score (nSPS) is 13.0. The highest BCUT2D eigenvalue weighted by Crippen LogP contribution is 2.25. The number of benzene rings is 2. The van der Waals surface area contributed by atoms with Gasteiger partial charge in [-0.05, 0) is 30.2 Å². The molecule has 0 aliphatic carbocycles. The fourth-order valence-corrected chi connectivity index (χ4v) is 2.38. The van der Waals surface area contributed by atoms with Crippen LogP contribution in [0.2, 0.25) is 0 Å². The lowest BCUT2D eigenvalue weighted by Crippen LogP contribution is -2.34. The maximum absolute atomic E-state index is 12.4. The molecule has 0 fully saturated rings. The minimum atomic E-state index is -1.20. The van der Waals surface area contributed by atoms with Crippen LogP contribution in [-0.2, 0) is 16.9 Å². The summed E-state index contributed by atoms with van der Waals surface area (Å²) in [5.41, 5.74) is 1.06. The SMILES string of the molecule is CN(Cc1ccc(C#N)cc1)C(=O)CC(C)(O)c1ccccc1. The Kier molecular flexibility index (Phi) is 5.15. The van der Waals surface area contributed by atoms with Gasteiger partial charge < -0.3 is 10.0 Å². The third kappa shape index (κ3) is 4.41. The van der Waals surface area contributed by atoms with E-state index < -0.39 is 5.60 Å². The molecular formula is C19H20N2O2. The maximum atomic E-state index is 12.4. The second-order valence-electron chi connectivity index (χ2n) is 5.88. The molecule has 1 amide bonds. The first kappa shape index (κ1) is 16.7. The minimum Gasteiger partial charge on any atom is -0.385 e. The van der Waals surface area contributed by atoms with Gasteiger partial charge in [0.05, 0.1) is 23.7 Å². The van der Waals surface area contributed by atoms with Gasteiger partial charge in [-0.15, -0.1) is 0 Å². The van der Waals surface area contributed by atoms with Crippen LogP contribution >= 0.6 is 0 Å². The molecule has 23 heavy (non-hydrogen) atoms. The Morgan fingerprint density at radius 3 is 2.35 bits per heavy atom. The molecule has 1 unspecified atom stereocenters. The van der Waals surface area contributed by atoms with E-state index in [0.717, 1.165) is 11.1 Å². The highest BCUT2D eigenvalue weighted by molar-refractivity contribution is 5.77. The Labute approximate surface area is 136 Å². The van der Waals surface area contributed by atoms with Crippen molar-refractivity contribution in [1.82, 2.24) is 4.90 Å². The van der Waals surface area contributed by atoms with Crippen molar-refractivity contribution in [3.8, 4) is 6.07 Å². The number of carbonyl (C=O) groups is 1. The summed E-state index contributed by atoms with van der Waals surface area (Å²) in [5, 5.41) is 19.3. The van der Waals surface area contributed by atoms with Gasteiger partial charge in [-0.3, -0.25) is 4.79 Å². The molecule has 0 heterocycles. The van der Waals surface area contributed by atoms with Crippen molar-refractivity contribution in [3.05, 3.63) is 71.3 Å². The van der Waals surface area contributed by atoms with Crippen LogP contribution < -0.4 is 0 Å². The van der Waals surface area contributed by atoms with Crippen molar-refractivity contribution in [2.45, 2.75) is 25.5 Å². The Bertz CT molecular complexity index is 700. The summed E-state index contributed by atoms with van der Waals surface area (Å²) in [6, 6.07) is 18.4. The quantitative estimate of drug-likeness (QED) is 0.923. The molecule has 0 aliphatic heterocycles. The Morgan fingerprint density at radius 1 is 1.17 bits per heavy atom. The van der Waals surface area contributed by atoms with Crippen molar-refractivity contribution in [2.75, 3.05) is 7.05 Å². The highest BCUT2D eigenvalue weighted by atomic mass is 16.3. The Morgan fingerprint density at radius 2 is 1.78 bits per heavy atom. The first-order valence-corrected chi connectivity index (χ1v) is 7.43. The molecule has 0 saturated heterocycles. The molecule has 0 radical (unpaired) electrons. The predicted octanol–water partition coefficient (Wildman–Crippen LogP) is 2.81. The van der Waals surface area contributed by atoms with Crippen LogP contribution in [0.4, 0.5) is 0 Å². The van der Waals surface area contributed by atoms with E-state index in [-0.39, 0.29) is 12.3 Å². The van der Waals surface area contributed by atoms with Gasteiger partial charge in [0, 0.05) is 13.6 Å². The predicted molar refractivity (Wildman–Crippen MR) is 88.3 cm³/mol. The smallest absolute Gasteiger partial charge is 0.225 e. The van der Waals surface area contributed by atoms with E-state index in [4.69, 9.17) is 5.26 Å². The lowest BCUT2D eigenvalue weighted by atomic mass is 9.92. The van der Waals surface area contributed by atoms with Crippen LogP contribution in [0, 0.1) is 11.3 Å². The molecule has 2 rings (SSSR count). The number of hydrogen-bond donors (Lipinski definition) is 1. The fourth-order valence-electron chi connectivity index (χ4n) is 2.38. The molecule has 0 aliphatic rings. The lowest BCUT2D eigenvalue weighted by Gasteiger charge is -2.26. The zero-order valence-electron chi connectivity index (χ0n) is 13.4.